The van der Waals surface area contributed by atoms with Crippen LogP contribution in [0.2, 0.25) is 5.02 Å². The Balaban J connectivity index is 1.71. The van der Waals surface area contributed by atoms with E-state index in [0.29, 0.717) is 12.1 Å². The molecule has 2 aromatic rings. The molecule has 23 heavy (non-hydrogen) atoms. The molecule has 1 N–H and O–H groups in total. The Bertz CT molecular complexity index is 690. The quantitative estimate of drug-likeness (QED) is 0.929. The van der Waals surface area contributed by atoms with Gasteiger partial charge in [-0.2, -0.15) is 0 Å². The van der Waals surface area contributed by atoms with Crippen molar-refractivity contribution in [1.29, 1.82) is 0 Å². The van der Waals surface area contributed by atoms with E-state index in [1.54, 1.807) is 12.1 Å². The highest BCUT2D eigenvalue weighted by Gasteiger charge is 2.33. The first-order chi connectivity index (χ1) is 11.1. The number of nitrogens with zero attached hydrogens (tertiary/aromatic N) is 1. The third kappa shape index (κ3) is 3.41. The van der Waals surface area contributed by atoms with Crippen molar-refractivity contribution in [2.24, 2.45) is 5.92 Å². The van der Waals surface area contributed by atoms with Gasteiger partial charge in [0.25, 0.3) is 5.91 Å². The Hall–Kier alpha value is -1.85. The smallest absolute Gasteiger partial charge is 0.254 e. The Morgan fingerprint density at radius 3 is 3.00 bits per heavy atom. The second-order valence-electron chi connectivity index (χ2n) is 5.87. The fourth-order valence-corrected chi connectivity index (χ4v) is 3.30. The van der Waals surface area contributed by atoms with E-state index in [1.165, 1.54) is 18.6 Å². The molecule has 1 aliphatic rings. The topological polar surface area (TPSA) is 45.5 Å². The van der Waals surface area contributed by atoms with Gasteiger partial charge in [-0.05, 0) is 49.7 Å². The number of furan rings is 1. The highest BCUT2D eigenvalue weighted by atomic mass is 35.5. The summed E-state index contributed by atoms with van der Waals surface area (Å²) in [5.41, 5.74) is 1.39. The lowest BCUT2D eigenvalue weighted by molar-refractivity contribution is 0.0943. The van der Waals surface area contributed by atoms with Gasteiger partial charge < -0.3 is 9.73 Å². The fourth-order valence-electron chi connectivity index (χ4n) is 3.18. The maximum absolute atomic E-state index is 13.8. The highest BCUT2D eigenvalue weighted by molar-refractivity contribution is 6.30. The summed E-state index contributed by atoms with van der Waals surface area (Å²) < 4.78 is 18.7. The van der Waals surface area contributed by atoms with Crippen LogP contribution in [0.5, 0.6) is 0 Å². The van der Waals surface area contributed by atoms with E-state index in [9.17, 15) is 9.18 Å². The summed E-state index contributed by atoms with van der Waals surface area (Å²) in [6.07, 6.45) is 3.83. The lowest BCUT2D eigenvalue weighted by Crippen LogP contribution is -2.32. The Morgan fingerprint density at radius 1 is 1.48 bits per heavy atom. The third-order valence-electron chi connectivity index (χ3n) is 4.37. The molecule has 0 saturated carbocycles. The van der Waals surface area contributed by atoms with Crippen LogP contribution in [0.1, 0.15) is 28.4 Å². The molecule has 0 bridgehead atoms. The maximum Gasteiger partial charge on any atom is 0.254 e. The predicted octanol–water partition coefficient (Wildman–Crippen LogP) is 3.49. The molecule has 122 valence electrons. The summed E-state index contributed by atoms with van der Waals surface area (Å²) >= 11 is 5.77. The van der Waals surface area contributed by atoms with E-state index in [1.807, 2.05) is 13.1 Å². The van der Waals surface area contributed by atoms with Crippen LogP contribution < -0.4 is 5.32 Å². The number of benzene rings is 1. The number of nitrogens with one attached hydrogen (secondary N) is 1. The van der Waals surface area contributed by atoms with E-state index >= 15 is 0 Å². The minimum Gasteiger partial charge on any atom is -0.472 e. The SMILES string of the molecule is CN1CC[C@@H](CNC(=O)c2ccoc2)[C@@H]1c1ccc(Cl)c(F)c1. The van der Waals surface area contributed by atoms with Crippen LogP contribution in [-0.2, 0) is 0 Å². The molecule has 6 heteroatoms. The summed E-state index contributed by atoms with van der Waals surface area (Å²) in [5.74, 6) is -0.351. The van der Waals surface area contributed by atoms with Crippen molar-refractivity contribution in [3.05, 3.63) is 58.8 Å². The average Bonchev–Trinajstić information content (AvgIpc) is 3.18. The van der Waals surface area contributed by atoms with Gasteiger partial charge in [0.1, 0.15) is 12.1 Å². The van der Waals surface area contributed by atoms with Crippen molar-refractivity contribution in [2.75, 3.05) is 20.1 Å². The number of carbonyl (C=O) groups is 1. The minimum atomic E-state index is -0.411. The first-order valence-corrected chi connectivity index (χ1v) is 7.89. The van der Waals surface area contributed by atoms with Crippen molar-refractivity contribution in [1.82, 2.24) is 10.2 Å². The van der Waals surface area contributed by atoms with Gasteiger partial charge in [0.05, 0.1) is 16.8 Å². The van der Waals surface area contributed by atoms with Gasteiger partial charge in [-0.25, -0.2) is 4.39 Å². The Morgan fingerprint density at radius 2 is 2.30 bits per heavy atom. The molecule has 1 aromatic heterocycles. The van der Waals surface area contributed by atoms with Crippen LogP contribution in [0.3, 0.4) is 0 Å². The Labute approximate surface area is 139 Å². The zero-order valence-electron chi connectivity index (χ0n) is 12.8. The number of rotatable bonds is 4. The van der Waals surface area contributed by atoms with Crippen LogP contribution in [0.4, 0.5) is 4.39 Å². The predicted molar refractivity (Wildman–Crippen MR) is 85.9 cm³/mol. The number of carbonyl (C=O) groups excluding carboxylic acids is 1. The molecule has 4 nitrogen and oxygen atoms in total. The summed E-state index contributed by atoms with van der Waals surface area (Å²) in [7, 11) is 2.01. The van der Waals surface area contributed by atoms with E-state index in [2.05, 4.69) is 10.2 Å². The molecule has 2 heterocycles. The molecule has 1 amide bonds. The van der Waals surface area contributed by atoms with E-state index in [-0.39, 0.29) is 22.9 Å². The zero-order chi connectivity index (χ0) is 16.4. The van der Waals surface area contributed by atoms with E-state index in [0.717, 1.165) is 18.5 Å². The number of halogens is 2. The molecule has 0 spiro atoms. The largest absolute Gasteiger partial charge is 0.472 e. The summed E-state index contributed by atoms with van der Waals surface area (Å²) in [4.78, 5) is 14.2. The van der Waals surface area contributed by atoms with Crippen LogP contribution in [0.15, 0.2) is 41.2 Å². The molecule has 0 unspecified atom stereocenters. The van der Waals surface area contributed by atoms with Gasteiger partial charge in [-0.15, -0.1) is 0 Å². The second-order valence-corrected chi connectivity index (χ2v) is 6.28. The number of hydrogen-bond donors (Lipinski definition) is 1. The van der Waals surface area contributed by atoms with Crippen molar-refractivity contribution in [3.63, 3.8) is 0 Å². The van der Waals surface area contributed by atoms with Crippen LogP contribution in [0, 0.1) is 11.7 Å². The van der Waals surface area contributed by atoms with Gasteiger partial charge >= 0.3 is 0 Å². The first kappa shape index (κ1) is 16.0. The van der Waals surface area contributed by atoms with Gasteiger partial charge in [0.2, 0.25) is 0 Å². The van der Waals surface area contributed by atoms with Gasteiger partial charge in [-0.1, -0.05) is 17.7 Å². The third-order valence-corrected chi connectivity index (χ3v) is 4.67. The molecule has 1 aliphatic heterocycles. The van der Waals surface area contributed by atoms with Gasteiger partial charge in [0.15, 0.2) is 0 Å². The molecular formula is C17H18ClFN2O2. The molecule has 0 radical (unpaired) electrons. The van der Waals surface area contributed by atoms with Crippen LogP contribution >= 0.6 is 11.6 Å². The Kier molecular flexibility index (Phi) is 4.68. The summed E-state index contributed by atoms with van der Waals surface area (Å²) in [6.45, 7) is 1.43. The van der Waals surface area contributed by atoms with Crippen LogP contribution in [0.25, 0.3) is 0 Å². The van der Waals surface area contributed by atoms with E-state index < -0.39 is 5.82 Å². The number of likely N-dealkylation sites (tertiary alicyclic amines) is 1. The van der Waals surface area contributed by atoms with Crippen molar-refractivity contribution in [3.8, 4) is 0 Å². The van der Waals surface area contributed by atoms with Crippen molar-refractivity contribution in [2.45, 2.75) is 12.5 Å². The summed E-state index contributed by atoms with van der Waals surface area (Å²) in [6, 6.07) is 6.61. The molecule has 1 aromatic carbocycles. The lowest BCUT2D eigenvalue weighted by atomic mass is 9.93. The lowest BCUT2D eigenvalue weighted by Gasteiger charge is -2.26. The molecule has 1 saturated heterocycles. The molecule has 3 rings (SSSR count). The van der Waals surface area contributed by atoms with Gasteiger partial charge in [0, 0.05) is 12.6 Å². The monoisotopic (exact) mass is 336 g/mol. The summed E-state index contributed by atoms with van der Waals surface area (Å²) in [5, 5.41) is 3.05. The second kappa shape index (κ2) is 6.72. The maximum atomic E-state index is 13.8. The molecule has 2 atom stereocenters. The number of amides is 1. The fraction of sp³-hybridized carbons (Fsp3) is 0.353. The average molecular weight is 337 g/mol. The van der Waals surface area contributed by atoms with Gasteiger partial charge in [-0.3, -0.25) is 9.69 Å². The molecule has 1 fully saturated rings. The standard InChI is InChI=1S/C17H18ClFN2O2/c1-21-6-4-12(9-20-17(22)13-5-7-23-10-13)16(21)11-2-3-14(18)15(19)8-11/h2-3,5,7-8,10,12,16H,4,6,9H2,1H3,(H,20,22)/t12-,16-/m0/s1. The molecular weight excluding hydrogens is 319 g/mol. The van der Waals surface area contributed by atoms with E-state index in [4.69, 9.17) is 16.0 Å². The first-order valence-electron chi connectivity index (χ1n) is 7.52. The normalized spacial score (nSPS) is 21.5. The van der Waals surface area contributed by atoms with Crippen molar-refractivity contribution >= 4 is 17.5 Å². The minimum absolute atomic E-state index is 0.0615. The zero-order valence-corrected chi connectivity index (χ0v) is 13.5. The van der Waals surface area contributed by atoms with Crippen LogP contribution in [-0.4, -0.2) is 30.9 Å². The highest BCUT2D eigenvalue weighted by Crippen LogP contribution is 2.36. The van der Waals surface area contributed by atoms with Crippen molar-refractivity contribution < 1.29 is 13.6 Å². The molecule has 0 aliphatic carbocycles. The number of hydrogen-bond acceptors (Lipinski definition) is 3.